The summed E-state index contributed by atoms with van der Waals surface area (Å²) >= 11 is 5.40. The van der Waals surface area contributed by atoms with Gasteiger partial charge >= 0.3 is 0 Å². The van der Waals surface area contributed by atoms with E-state index in [4.69, 9.17) is 5.73 Å². The first-order valence-electron chi connectivity index (χ1n) is 3.28. The smallest absolute Gasteiger partial charge is 0.161 e. The summed E-state index contributed by atoms with van der Waals surface area (Å²) in [5.41, 5.74) is 6.97. The molecular formula is C8H7BrINO. The highest BCUT2D eigenvalue weighted by Gasteiger charge is 2.09. The number of hydrogen-bond donors (Lipinski definition) is 1. The molecule has 0 aliphatic heterocycles. The minimum Gasteiger partial charge on any atom is -0.397 e. The van der Waals surface area contributed by atoms with Crippen LogP contribution in [-0.2, 0) is 0 Å². The summed E-state index contributed by atoms with van der Waals surface area (Å²) < 4.78 is 1.64. The van der Waals surface area contributed by atoms with Crippen LogP contribution in [0.25, 0.3) is 0 Å². The molecular weight excluding hydrogens is 333 g/mol. The van der Waals surface area contributed by atoms with Gasteiger partial charge in [0.25, 0.3) is 0 Å². The predicted molar refractivity (Wildman–Crippen MR) is 61.3 cm³/mol. The second-order valence-electron chi connectivity index (χ2n) is 2.38. The molecule has 2 nitrogen and oxygen atoms in total. The number of ketones is 1. The number of carbonyl (C=O) groups is 1. The molecule has 1 rings (SSSR count). The van der Waals surface area contributed by atoms with Crippen LogP contribution in [-0.4, -0.2) is 5.78 Å². The van der Waals surface area contributed by atoms with Crippen LogP contribution in [0.1, 0.15) is 17.3 Å². The highest BCUT2D eigenvalue weighted by Crippen LogP contribution is 2.28. The monoisotopic (exact) mass is 339 g/mol. The summed E-state index contributed by atoms with van der Waals surface area (Å²) in [6, 6.07) is 3.60. The van der Waals surface area contributed by atoms with Gasteiger partial charge in [0.05, 0.1) is 10.2 Å². The van der Waals surface area contributed by atoms with Gasteiger partial charge in [0.2, 0.25) is 0 Å². The quantitative estimate of drug-likeness (QED) is 0.485. The van der Waals surface area contributed by atoms with E-state index in [0.717, 1.165) is 3.57 Å². The largest absolute Gasteiger partial charge is 0.397 e. The minimum atomic E-state index is 0.0185. The number of rotatable bonds is 1. The van der Waals surface area contributed by atoms with Crippen LogP contribution in [0, 0.1) is 3.57 Å². The van der Waals surface area contributed by atoms with Gasteiger partial charge < -0.3 is 5.73 Å². The van der Waals surface area contributed by atoms with Crippen molar-refractivity contribution in [2.45, 2.75) is 6.92 Å². The van der Waals surface area contributed by atoms with Crippen LogP contribution in [0.3, 0.4) is 0 Å². The number of anilines is 1. The summed E-state index contributed by atoms with van der Waals surface area (Å²) in [5.74, 6) is 0.0185. The molecule has 1 aromatic rings. The zero-order valence-corrected chi connectivity index (χ0v) is 10.1. The molecule has 0 saturated heterocycles. The number of benzene rings is 1. The van der Waals surface area contributed by atoms with Crippen LogP contribution >= 0.6 is 38.5 Å². The summed E-state index contributed by atoms with van der Waals surface area (Å²) in [6.45, 7) is 1.52. The predicted octanol–water partition coefficient (Wildman–Crippen LogP) is 2.84. The third-order valence-electron chi connectivity index (χ3n) is 1.51. The lowest BCUT2D eigenvalue weighted by Gasteiger charge is -2.04. The highest BCUT2D eigenvalue weighted by molar-refractivity contribution is 14.1. The maximum atomic E-state index is 11.0. The molecule has 0 heterocycles. The molecule has 64 valence electrons. The molecule has 0 fully saturated rings. The van der Waals surface area contributed by atoms with Crippen molar-refractivity contribution in [3.05, 3.63) is 25.7 Å². The van der Waals surface area contributed by atoms with Gasteiger partial charge in [-0.2, -0.15) is 0 Å². The van der Waals surface area contributed by atoms with Crippen molar-refractivity contribution in [2.24, 2.45) is 0 Å². The van der Waals surface area contributed by atoms with Gasteiger partial charge in [0.1, 0.15) is 0 Å². The Kier molecular flexibility index (Phi) is 3.11. The molecule has 0 aromatic heterocycles. The number of halogens is 2. The Hall–Kier alpha value is -0.100. The molecule has 0 bridgehead atoms. The summed E-state index contributed by atoms with van der Waals surface area (Å²) in [7, 11) is 0. The molecule has 12 heavy (non-hydrogen) atoms. The average molecular weight is 340 g/mol. The summed E-state index contributed by atoms with van der Waals surface area (Å²) in [5, 5.41) is 0. The molecule has 0 radical (unpaired) electrons. The van der Waals surface area contributed by atoms with Gasteiger partial charge in [0, 0.05) is 9.13 Å². The topological polar surface area (TPSA) is 43.1 Å². The van der Waals surface area contributed by atoms with E-state index in [1.54, 1.807) is 6.07 Å². The van der Waals surface area contributed by atoms with Crippen LogP contribution in [0.15, 0.2) is 16.6 Å². The minimum absolute atomic E-state index is 0.0185. The second kappa shape index (κ2) is 3.74. The Morgan fingerprint density at radius 3 is 2.67 bits per heavy atom. The van der Waals surface area contributed by atoms with Crippen molar-refractivity contribution in [2.75, 3.05) is 5.73 Å². The molecule has 0 aliphatic rings. The van der Waals surface area contributed by atoms with Crippen molar-refractivity contribution in [1.29, 1.82) is 0 Å². The van der Waals surface area contributed by atoms with E-state index in [1.807, 2.05) is 6.07 Å². The first-order chi connectivity index (χ1) is 5.54. The lowest BCUT2D eigenvalue weighted by atomic mass is 10.1. The summed E-state index contributed by atoms with van der Waals surface area (Å²) in [4.78, 5) is 11.0. The number of hydrogen-bond acceptors (Lipinski definition) is 2. The lowest BCUT2D eigenvalue weighted by molar-refractivity contribution is 0.101. The Morgan fingerprint density at radius 1 is 1.58 bits per heavy atom. The Balaban J connectivity index is 3.36. The van der Waals surface area contributed by atoms with E-state index in [2.05, 4.69) is 38.5 Å². The normalized spacial score (nSPS) is 9.92. The van der Waals surface area contributed by atoms with Crippen molar-refractivity contribution >= 4 is 50.0 Å². The average Bonchev–Trinajstić information content (AvgIpc) is 2.00. The van der Waals surface area contributed by atoms with E-state index in [0.29, 0.717) is 15.7 Å². The summed E-state index contributed by atoms with van der Waals surface area (Å²) in [6.07, 6.45) is 0. The third-order valence-corrected chi connectivity index (χ3v) is 3.30. The Bertz CT molecular complexity index is 338. The number of nitrogens with two attached hydrogens (primary N) is 1. The van der Waals surface area contributed by atoms with Gasteiger partial charge in [-0.1, -0.05) is 0 Å². The first kappa shape index (κ1) is 9.98. The molecule has 0 saturated carbocycles. The van der Waals surface area contributed by atoms with E-state index < -0.39 is 0 Å². The standard InChI is InChI=1S/C8H7BrINO/c1-4(12)5-2-3-6(10)8(11)7(5)9/h2-3H,11H2,1H3. The fraction of sp³-hybridized carbons (Fsp3) is 0.125. The molecule has 0 spiro atoms. The molecule has 1 aromatic carbocycles. The van der Waals surface area contributed by atoms with E-state index in [-0.39, 0.29) is 5.78 Å². The fourth-order valence-electron chi connectivity index (χ4n) is 0.841. The second-order valence-corrected chi connectivity index (χ2v) is 4.33. The van der Waals surface area contributed by atoms with Crippen LogP contribution in [0.2, 0.25) is 0 Å². The van der Waals surface area contributed by atoms with Gasteiger partial charge in [0.15, 0.2) is 5.78 Å². The van der Waals surface area contributed by atoms with Gasteiger partial charge in [-0.25, -0.2) is 0 Å². The van der Waals surface area contributed by atoms with Crippen LogP contribution in [0.4, 0.5) is 5.69 Å². The van der Waals surface area contributed by atoms with Gasteiger partial charge in [-0.3, -0.25) is 4.79 Å². The highest BCUT2D eigenvalue weighted by atomic mass is 127. The van der Waals surface area contributed by atoms with Crippen molar-refractivity contribution in [3.8, 4) is 0 Å². The van der Waals surface area contributed by atoms with Crippen molar-refractivity contribution < 1.29 is 4.79 Å². The van der Waals surface area contributed by atoms with E-state index in [1.165, 1.54) is 6.92 Å². The number of Topliss-reactive ketones (excluding diaryl/α,β-unsaturated/α-hetero) is 1. The zero-order valence-electron chi connectivity index (χ0n) is 6.40. The van der Waals surface area contributed by atoms with Crippen molar-refractivity contribution in [1.82, 2.24) is 0 Å². The SMILES string of the molecule is CC(=O)c1ccc(I)c(N)c1Br. The van der Waals surface area contributed by atoms with Gasteiger partial charge in [-0.15, -0.1) is 0 Å². The maximum Gasteiger partial charge on any atom is 0.161 e. The first-order valence-corrected chi connectivity index (χ1v) is 5.15. The van der Waals surface area contributed by atoms with E-state index in [9.17, 15) is 4.79 Å². The Labute approximate surface area is 92.8 Å². The molecule has 0 atom stereocenters. The third kappa shape index (κ3) is 1.80. The molecule has 0 amide bonds. The Morgan fingerprint density at radius 2 is 2.17 bits per heavy atom. The molecule has 0 unspecified atom stereocenters. The molecule has 2 N–H and O–H groups in total. The van der Waals surface area contributed by atoms with Gasteiger partial charge in [-0.05, 0) is 57.6 Å². The van der Waals surface area contributed by atoms with Crippen LogP contribution < -0.4 is 5.73 Å². The lowest BCUT2D eigenvalue weighted by Crippen LogP contribution is -1.99. The maximum absolute atomic E-state index is 11.0. The van der Waals surface area contributed by atoms with E-state index >= 15 is 0 Å². The fourth-order valence-corrected chi connectivity index (χ4v) is 2.29. The molecule has 0 aliphatic carbocycles. The number of carbonyl (C=O) groups excluding carboxylic acids is 1. The molecule has 4 heteroatoms. The van der Waals surface area contributed by atoms with Crippen molar-refractivity contribution in [3.63, 3.8) is 0 Å². The number of nitrogen functional groups attached to an aromatic ring is 1. The zero-order chi connectivity index (χ0) is 9.30. The van der Waals surface area contributed by atoms with Crippen LogP contribution in [0.5, 0.6) is 0 Å².